The van der Waals surface area contributed by atoms with E-state index in [0.29, 0.717) is 23.5 Å². The minimum absolute atomic E-state index is 0. The minimum atomic E-state index is -0.857. The van der Waals surface area contributed by atoms with Gasteiger partial charge in [-0.05, 0) is 24.6 Å². The Morgan fingerprint density at radius 1 is 1.19 bits per heavy atom. The summed E-state index contributed by atoms with van der Waals surface area (Å²) in [5.41, 5.74) is 1.83. The summed E-state index contributed by atoms with van der Waals surface area (Å²) in [7, 11) is 0.747. The summed E-state index contributed by atoms with van der Waals surface area (Å²) in [6.45, 7) is 3.76. The van der Waals surface area contributed by atoms with Gasteiger partial charge in [-0.25, -0.2) is 0 Å². The van der Waals surface area contributed by atoms with Crippen LogP contribution in [0.2, 0.25) is 0 Å². The molecule has 1 saturated heterocycles. The molecule has 27 heavy (non-hydrogen) atoms. The molecular formula is C21H26ClNO3S. The molecule has 6 heteroatoms. The van der Waals surface area contributed by atoms with Gasteiger partial charge in [-0.1, -0.05) is 42.5 Å². The third kappa shape index (κ3) is 5.18. The van der Waals surface area contributed by atoms with Crippen molar-refractivity contribution in [3.63, 3.8) is 0 Å². The second kappa shape index (κ2) is 10.0. The molecule has 1 aliphatic heterocycles. The SMILES string of the molecule is COc1cccc(C(=O)CC[NH+]2CCS(=O)C(c3ccccc3)C2C)c1.[Cl-]. The second-order valence-electron chi connectivity index (χ2n) is 6.77. The number of ether oxygens (including phenoxy) is 1. The smallest absolute Gasteiger partial charge is 0.168 e. The summed E-state index contributed by atoms with van der Waals surface area (Å²) in [6.07, 6.45) is 0.487. The molecule has 0 radical (unpaired) electrons. The molecule has 1 fully saturated rings. The van der Waals surface area contributed by atoms with Gasteiger partial charge in [0.1, 0.15) is 17.0 Å². The van der Waals surface area contributed by atoms with E-state index in [9.17, 15) is 9.00 Å². The van der Waals surface area contributed by atoms with Crippen LogP contribution in [0.25, 0.3) is 0 Å². The van der Waals surface area contributed by atoms with Crippen molar-refractivity contribution in [1.82, 2.24) is 0 Å². The van der Waals surface area contributed by atoms with Gasteiger partial charge in [0.2, 0.25) is 0 Å². The fourth-order valence-corrected chi connectivity index (χ4v) is 5.50. The van der Waals surface area contributed by atoms with E-state index in [1.165, 1.54) is 4.90 Å². The fourth-order valence-electron chi connectivity index (χ4n) is 3.68. The van der Waals surface area contributed by atoms with E-state index in [1.807, 2.05) is 36.4 Å². The normalized spacial score (nSPS) is 24.7. The van der Waals surface area contributed by atoms with Gasteiger partial charge in [0.15, 0.2) is 5.78 Å². The highest BCUT2D eigenvalue weighted by molar-refractivity contribution is 7.85. The van der Waals surface area contributed by atoms with E-state index < -0.39 is 10.8 Å². The summed E-state index contributed by atoms with van der Waals surface area (Å²) in [5.74, 6) is 1.52. The first-order valence-corrected chi connectivity index (χ1v) is 10.4. The van der Waals surface area contributed by atoms with E-state index in [4.69, 9.17) is 4.74 Å². The molecule has 4 unspecified atom stereocenters. The van der Waals surface area contributed by atoms with Crippen LogP contribution in [0.4, 0.5) is 0 Å². The Morgan fingerprint density at radius 2 is 1.93 bits per heavy atom. The first kappa shape index (κ1) is 21.6. The van der Waals surface area contributed by atoms with Crippen molar-refractivity contribution in [3.05, 3.63) is 65.7 Å². The van der Waals surface area contributed by atoms with Crippen molar-refractivity contribution in [3.8, 4) is 5.75 Å². The zero-order valence-corrected chi connectivity index (χ0v) is 17.3. The van der Waals surface area contributed by atoms with Gasteiger partial charge in [0, 0.05) is 16.4 Å². The molecule has 0 aromatic heterocycles. The zero-order valence-electron chi connectivity index (χ0n) is 15.7. The topological polar surface area (TPSA) is 47.8 Å². The van der Waals surface area contributed by atoms with E-state index in [2.05, 4.69) is 19.1 Å². The Morgan fingerprint density at radius 3 is 2.63 bits per heavy atom. The van der Waals surface area contributed by atoms with Gasteiger partial charge < -0.3 is 22.0 Å². The maximum absolute atomic E-state index is 12.6. The monoisotopic (exact) mass is 407 g/mol. The number of carbonyl (C=O) groups excluding carboxylic acids is 1. The molecule has 2 aromatic rings. The number of halogens is 1. The number of quaternary nitrogens is 1. The maximum Gasteiger partial charge on any atom is 0.168 e. The number of rotatable bonds is 6. The number of methoxy groups -OCH3 is 1. The number of hydrogen-bond acceptors (Lipinski definition) is 3. The van der Waals surface area contributed by atoms with Crippen LogP contribution in [0, 0.1) is 0 Å². The van der Waals surface area contributed by atoms with E-state index in [-0.39, 0.29) is 29.5 Å². The molecule has 1 heterocycles. The van der Waals surface area contributed by atoms with Crippen molar-refractivity contribution in [2.75, 3.05) is 26.0 Å². The maximum atomic E-state index is 12.6. The molecule has 4 nitrogen and oxygen atoms in total. The van der Waals surface area contributed by atoms with Crippen LogP contribution in [0.15, 0.2) is 54.6 Å². The highest BCUT2D eigenvalue weighted by Gasteiger charge is 2.37. The summed E-state index contributed by atoms with van der Waals surface area (Å²) in [4.78, 5) is 13.9. The second-order valence-corrected chi connectivity index (χ2v) is 8.45. The average molecular weight is 408 g/mol. The Labute approximate surface area is 169 Å². The molecule has 4 atom stereocenters. The van der Waals surface area contributed by atoms with Crippen LogP contribution in [0.3, 0.4) is 0 Å². The van der Waals surface area contributed by atoms with Gasteiger partial charge in [-0.3, -0.25) is 9.00 Å². The highest BCUT2D eigenvalue weighted by atomic mass is 35.5. The molecule has 0 aliphatic carbocycles. The third-order valence-electron chi connectivity index (χ3n) is 5.20. The Hall–Kier alpha value is -1.69. The van der Waals surface area contributed by atoms with Gasteiger partial charge in [-0.2, -0.15) is 0 Å². The number of carbonyl (C=O) groups is 1. The number of ketones is 1. The predicted molar refractivity (Wildman–Crippen MR) is 104 cm³/mol. The van der Waals surface area contributed by atoms with Crippen LogP contribution in [-0.2, 0) is 10.8 Å². The molecule has 2 aromatic carbocycles. The largest absolute Gasteiger partial charge is 1.00 e. The Kier molecular flexibility index (Phi) is 8.02. The lowest BCUT2D eigenvalue weighted by Gasteiger charge is -2.36. The van der Waals surface area contributed by atoms with Crippen LogP contribution in [0.5, 0.6) is 5.75 Å². The summed E-state index contributed by atoms with van der Waals surface area (Å²) in [5, 5.41) is 0.0341. The standard InChI is InChI=1S/C21H25NO3S.ClH/c1-16-21(17-7-4-3-5-8-17)26(24)14-13-22(16)12-11-20(23)18-9-6-10-19(15-18)25-2;/h3-10,15-16,21H,11-14H2,1-2H3;1H. The van der Waals surface area contributed by atoms with Crippen LogP contribution in [0.1, 0.15) is 34.5 Å². The van der Waals surface area contributed by atoms with Gasteiger partial charge in [0.05, 0.1) is 32.4 Å². The third-order valence-corrected chi connectivity index (χ3v) is 7.05. The highest BCUT2D eigenvalue weighted by Crippen LogP contribution is 2.24. The Bertz CT molecular complexity index is 784. The Balaban J connectivity index is 0.00000261. The van der Waals surface area contributed by atoms with E-state index in [0.717, 1.165) is 18.7 Å². The molecule has 1 N–H and O–H groups in total. The van der Waals surface area contributed by atoms with Gasteiger partial charge >= 0.3 is 0 Å². The van der Waals surface area contributed by atoms with Crippen molar-refractivity contribution in [1.29, 1.82) is 0 Å². The van der Waals surface area contributed by atoms with Crippen molar-refractivity contribution < 1.29 is 31.0 Å². The van der Waals surface area contributed by atoms with Crippen molar-refractivity contribution in [2.24, 2.45) is 0 Å². The molecule has 146 valence electrons. The predicted octanol–water partition coefficient (Wildman–Crippen LogP) is -0.951. The lowest BCUT2D eigenvalue weighted by molar-refractivity contribution is -0.922. The van der Waals surface area contributed by atoms with Crippen molar-refractivity contribution >= 4 is 16.6 Å². The first-order valence-electron chi connectivity index (χ1n) is 9.04. The van der Waals surface area contributed by atoms with Gasteiger partial charge in [0.25, 0.3) is 0 Å². The number of Topliss-reactive ketones (excluding diaryl/α,β-unsaturated/α-hetero) is 1. The quantitative estimate of drug-likeness (QED) is 0.628. The lowest BCUT2D eigenvalue weighted by Crippen LogP contribution is -3.17. The molecule has 0 spiro atoms. The number of benzene rings is 2. The summed E-state index contributed by atoms with van der Waals surface area (Å²) < 4.78 is 17.8. The zero-order chi connectivity index (χ0) is 18.5. The molecule has 3 rings (SSSR count). The molecule has 1 aliphatic rings. The molecule has 0 bridgehead atoms. The molecule has 0 amide bonds. The first-order chi connectivity index (χ1) is 12.6. The van der Waals surface area contributed by atoms with E-state index in [1.54, 1.807) is 13.2 Å². The van der Waals surface area contributed by atoms with Crippen LogP contribution >= 0.6 is 0 Å². The van der Waals surface area contributed by atoms with Crippen LogP contribution < -0.4 is 22.0 Å². The number of nitrogens with one attached hydrogen (secondary N) is 1. The molecule has 0 saturated carbocycles. The van der Waals surface area contributed by atoms with Crippen LogP contribution in [-0.4, -0.2) is 42.0 Å². The lowest BCUT2D eigenvalue weighted by atomic mass is 10.0. The number of hydrogen-bond donors (Lipinski definition) is 1. The van der Waals surface area contributed by atoms with E-state index >= 15 is 0 Å². The average Bonchev–Trinajstić information content (AvgIpc) is 2.68. The summed E-state index contributed by atoms with van der Waals surface area (Å²) in [6, 6.07) is 17.6. The molecular weight excluding hydrogens is 382 g/mol. The fraction of sp³-hybridized carbons (Fsp3) is 0.381. The minimum Gasteiger partial charge on any atom is -1.00 e. The van der Waals surface area contributed by atoms with Gasteiger partial charge in [-0.15, -0.1) is 0 Å². The van der Waals surface area contributed by atoms with Crippen molar-refractivity contribution in [2.45, 2.75) is 24.6 Å². The summed E-state index contributed by atoms with van der Waals surface area (Å²) >= 11 is 0.